The van der Waals surface area contributed by atoms with Gasteiger partial charge in [-0.2, -0.15) is 0 Å². The summed E-state index contributed by atoms with van der Waals surface area (Å²) in [5, 5.41) is 12.0. The van der Waals surface area contributed by atoms with Gasteiger partial charge in [0, 0.05) is 5.69 Å². The molecule has 1 aromatic heterocycles. The van der Waals surface area contributed by atoms with Gasteiger partial charge in [0.1, 0.15) is 10.8 Å². The zero-order chi connectivity index (χ0) is 21.6. The molecule has 0 radical (unpaired) electrons. The Morgan fingerprint density at radius 1 is 0.935 bits per heavy atom. The number of halogens is 1. The fourth-order valence-corrected chi connectivity index (χ4v) is 4.20. The second kappa shape index (κ2) is 9.59. The molecule has 7 heteroatoms. The molecule has 1 heterocycles. The first-order valence-corrected chi connectivity index (χ1v) is 10.6. The lowest BCUT2D eigenvalue weighted by molar-refractivity contribution is 0.102. The Labute approximate surface area is 184 Å². The van der Waals surface area contributed by atoms with Crippen molar-refractivity contribution in [2.24, 2.45) is 0 Å². The number of anilines is 1. The van der Waals surface area contributed by atoms with Crippen molar-refractivity contribution in [3.63, 3.8) is 0 Å². The zero-order valence-electron chi connectivity index (χ0n) is 16.9. The van der Waals surface area contributed by atoms with Gasteiger partial charge >= 0.3 is 0 Å². The number of hydrogen-bond acceptors (Lipinski definition) is 5. The minimum Gasteiger partial charge on any atom is -0.320 e. The van der Waals surface area contributed by atoms with Gasteiger partial charge in [-0.05, 0) is 42.4 Å². The van der Waals surface area contributed by atoms with E-state index in [1.54, 1.807) is 0 Å². The monoisotopic (exact) mass is 432 g/mol. The molecule has 0 fully saturated rings. The highest BCUT2D eigenvalue weighted by Crippen LogP contribution is 2.29. The smallest absolute Gasteiger partial charge is 0.286 e. The molecule has 3 aromatic carbocycles. The quantitative estimate of drug-likeness (QED) is 0.439. The third-order valence-electron chi connectivity index (χ3n) is 4.82. The maximum Gasteiger partial charge on any atom is 0.286 e. The van der Waals surface area contributed by atoms with Crippen LogP contribution in [0.1, 0.15) is 32.0 Å². The molecule has 4 rings (SSSR count). The Hall–Kier alpha value is -3.42. The Balaban J connectivity index is 1.49. The molecule has 0 saturated heterocycles. The molecule has 0 atom stereocenters. The number of nitrogens with one attached hydrogen (secondary N) is 1. The van der Waals surface area contributed by atoms with Crippen LogP contribution in [0.25, 0.3) is 0 Å². The second-order valence-electron chi connectivity index (χ2n) is 7.10. The first-order valence-electron chi connectivity index (χ1n) is 9.79. The SMILES string of the molecule is CN(Cc1nnc(C(=O)Nc2ccc(F)cc2)s1)C(c1ccccc1)c1ccccc1. The molecule has 5 nitrogen and oxygen atoms in total. The van der Waals surface area contributed by atoms with Crippen molar-refractivity contribution in [3.8, 4) is 0 Å². The van der Waals surface area contributed by atoms with Gasteiger partial charge in [0.25, 0.3) is 5.91 Å². The molecular weight excluding hydrogens is 411 g/mol. The average Bonchev–Trinajstić information content (AvgIpc) is 3.26. The number of carbonyl (C=O) groups is 1. The van der Waals surface area contributed by atoms with Crippen molar-refractivity contribution in [3.05, 3.63) is 112 Å². The number of benzene rings is 3. The molecule has 0 aliphatic carbocycles. The fraction of sp³-hybridized carbons (Fsp3) is 0.125. The topological polar surface area (TPSA) is 58.1 Å². The van der Waals surface area contributed by atoms with Gasteiger partial charge in [-0.15, -0.1) is 10.2 Å². The highest BCUT2D eigenvalue weighted by molar-refractivity contribution is 7.13. The van der Waals surface area contributed by atoms with E-state index in [4.69, 9.17) is 0 Å². The van der Waals surface area contributed by atoms with E-state index in [1.807, 2.05) is 43.4 Å². The molecule has 0 spiro atoms. The van der Waals surface area contributed by atoms with Crippen LogP contribution in [-0.4, -0.2) is 28.1 Å². The molecule has 4 aromatic rings. The molecule has 0 bridgehead atoms. The molecule has 0 saturated carbocycles. The van der Waals surface area contributed by atoms with Gasteiger partial charge in [-0.1, -0.05) is 72.0 Å². The maximum atomic E-state index is 13.0. The highest BCUT2D eigenvalue weighted by atomic mass is 32.1. The number of nitrogens with zero attached hydrogens (tertiary/aromatic N) is 3. The van der Waals surface area contributed by atoms with Gasteiger partial charge < -0.3 is 5.32 Å². The first kappa shape index (κ1) is 20.8. The van der Waals surface area contributed by atoms with Crippen LogP contribution >= 0.6 is 11.3 Å². The Morgan fingerprint density at radius 2 is 1.52 bits per heavy atom. The van der Waals surface area contributed by atoms with E-state index >= 15 is 0 Å². The van der Waals surface area contributed by atoms with E-state index in [1.165, 1.54) is 46.7 Å². The van der Waals surface area contributed by atoms with Gasteiger partial charge in [0.2, 0.25) is 5.01 Å². The van der Waals surface area contributed by atoms with Crippen molar-refractivity contribution in [1.29, 1.82) is 0 Å². The number of hydrogen-bond donors (Lipinski definition) is 1. The third kappa shape index (κ3) is 5.20. The normalized spacial score (nSPS) is 11.1. The van der Waals surface area contributed by atoms with Gasteiger partial charge in [0.15, 0.2) is 0 Å². The molecule has 0 aliphatic heterocycles. The number of carbonyl (C=O) groups excluding carboxylic acids is 1. The zero-order valence-corrected chi connectivity index (χ0v) is 17.7. The minimum atomic E-state index is -0.360. The van der Waals surface area contributed by atoms with E-state index < -0.39 is 0 Å². The average molecular weight is 433 g/mol. The standard InChI is InChI=1S/C24H21FN4OS/c1-29(22(17-8-4-2-5-9-17)18-10-6-3-7-11-18)16-21-27-28-24(31-21)23(30)26-20-14-12-19(25)13-15-20/h2-15,22H,16H2,1H3,(H,26,30). The fourth-order valence-electron chi connectivity index (χ4n) is 3.40. The van der Waals surface area contributed by atoms with Crippen LogP contribution in [0.15, 0.2) is 84.9 Å². The largest absolute Gasteiger partial charge is 0.320 e. The van der Waals surface area contributed by atoms with E-state index in [9.17, 15) is 9.18 Å². The van der Waals surface area contributed by atoms with Gasteiger partial charge in [-0.25, -0.2) is 4.39 Å². The van der Waals surface area contributed by atoms with Crippen LogP contribution in [0, 0.1) is 5.82 Å². The summed E-state index contributed by atoms with van der Waals surface area (Å²) in [7, 11) is 2.03. The predicted octanol–water partition coefficient (Wildman–Crippen LogP) is 5.15. The Morgan fingerprint density at radius 3 is 2.10 bits per heavy atom. The molecule has 0 unspecified atom stereocenters. The van der Waals surface area contributed by atoms with Crippen LogP contribution in [0.5, 0.6) is 0 Å². The van der Waals surface area contributed by atoms with Crippen LogP contribution in [-0.2, 0) is 6.54 Å². The lowest BCUT2D eigenvalue weighted by Crippen LogP contribution is -2.25. The van der Waals surface area contributed by atoms with Crippen molar-refractivity contribution < 1.29 is 9.18 Å². The van der Waals surface area contributed by atoms with Crippen LogP contribution in [0.4, 0.5) is 10.1 Å². The molecule has 1 amide bonds. The molecule has 31 heavy (non-hydrogen) atoms. The van der Waals surface area contributed by atoms with E-state index in [0.717, 1.165) is 5.01 Å². The summed E-state index contributed by atoms with van der Waals surface area (Å²) < 4.78 is 13.0. The third-order valence-corrected chi connectivity index (χ3v) is 5.73. The summed E-state index contributed by atoms with van der Waals surface area (Å²) in [6.07, 6.45) is 0. The molecule has 156 valence electrons. The van der Waals surface area contributed by atoms with Crippen molar-refractivity contribution in [1.82, 2.24) is 15.1 Å². The lowest BCUT2D eigenvalue weighted by atomic mass is 9.97. The van der Waals surface area contributed by atoms with Crippen LogP contribution < -0.4 is 5.32 Å². The number of aromatic nitrogens is 2. The van der Waals surface area contributed by atoms with Gasteiger partial charge in [-0.3, -0.25) is 9.69 Å². The van der Waals surface area contributed by atoms with E-state index in [2.05, 4.69) is 44.7 Å². The summed E-state index contributed by atoms with van der Waals surface area (Å²) in [6, 6.07) is 26.2. The van der Waals surface area contributed by atoms with Crippen molar-refractivity contribution in [2.45, 2.75) is 12.6 Å². The second-order valence-corrected chi connectivity index (χ2v) is 8.16. The van der Waals surface area contributed by atoms with E-state index in [-0.39, 0.29) is 22.8 Å². The highest BCUT2D eigenvalue weighted by Gasteiger charge is 2.21. The van der Waals surface area contributed by atoms with Crippen molar-refractivity contribution >= 4 is 22.9 Å². The Bertz CT molecular complexity index is 1090. The minimum absolute atomic E-state index is 0.0443. The summed E-state index contributed by atoms with van der Waals surface area (Å²) >= 11 is 1.25. The lowest BCUT2D eigenvalue weighted by Gasteiger charge is -2.28. The maximum absolute atomic E-state index is 13.0. The first-order chi connectivity index (χ1) is 15.1. The van der Waals surface area contributed by atoms with Crippen LogP contribution in [0.3, 0.4) is 0 Å². The molecule has 1 N–H and O–H groups in total. The predicted molar refractivity (Wildman–Crippen MR) is 120 cm³/mol. The molecular formula is C24H21FN4OS. The van der Waals surface area contributed by atoms with E-state index in [0.29, 0.717) is 12.2 Å². The summed E-state index contributed by atoms with van der Waals surface area (Å²) in [5.41, 5.74) is 2.86. The summed E-state index contributed by atoms with van der Waals surface area (Å²) in [6.45, 7) is 0.538. The number of rotatable bonds is 7. The molecule has 0 aliphatic rings. The Kier molecular flexibility index (Phi) is 6.45. The summed E-state index contributed by atoms with van der Waals surface area (Å²) in [4.78, 5) is 14.7. The van der Waals surface area contributed by atoms with Gasteiger partial charge in [0.05, 0.1) is 12.6 Å². The van der Waals surface area contributed by atoms with Crippen LogP contribution in [0.2, 0.25) is 0 Å². The summed E-state index contributed by atoms with van der Waals surface area (Å²) in [5.74, 6) is -0.716. The van der Waals surface area contributed by atoms with Crippen molar-refractivity contribution in [2.75, 3.05) is 12.4 Å². The number of amides is 1.